The normalized spacial score (nSPS) is 12.2. The van der Waals surface area contributed by atoms with Crippen molar-refractivity contribution in [2.75, 3.05) is 12.0 Å². The molecule has 0 radical (unpaired) electrons. The van der Waals surface area contributed by atoms with E-state index in [4.69, 9.17) is 16.3 Å². The molecule has 0 aromatic heterocycles. The summed E-state index contributed by atoms with van der Waals surface area (Å²) >= 11 is 5.68. The highest BCUT2D eigenvalue weighted by atomic mass is 35.5. The number of carbonyl (C=O) groups excluding carboxylic acids is 1. The number of hydrogen-bond donors (Lipinski definition) is 1. The molecule has 0 saturated carbocycles. The van der Waals surface area contributed by atoms with Crippen LogP contribution in [0.1, 0.15) is 33.3 Å². The van der Waals surface area contributed by atoms with Gasteiger partial charge in [0.2, 0.25) is 5.17 Å². The first-order chi connectivity index (χ1) is 8.84. The first-order valence-electron chi connectivity index (χ1n) is 6.11. The lowest BCUT2D eigenvalue weighted by Crippen LogP contribution is -2.13. The molecule has 0 atom stereocenters. The largest absolute Gasteiger partial charge is 0.461 e. The average Bonchev–Trinajstić information content (AvgIpc) is 2.35. The lowest BCUT2D eigenvalue weighted by Gasteiger charge is -2.18. The molecule has 1 rings (SSSR count). The van der Waals surface area contributed by atoms with Crippen LogP contribution in [0, 0.1) is 0 Å². The van der Waals surface area contributed by atoms with Gasteiger partial charge >= 0.3 is 5.97 Å². The number of benzene rings is 1. The van der Waals surface area contributed by atoms with Crippen molar-refractivity contribution >= 4 is 28.4 Å². The third kappa shape index (κ3) is 4.91. The van der Waals surface area contributed by atoms with Gasteiger partial charge in [-0.15, -0.1) is 0 Å². The number of esters is 1. The Morgan fingerprint density at radius 2 is 1.89 bits per heavy atom. The molecule has 104 valence electrons. The van der Waals surface area contributed by atoms with Crippen LogP contribution in [0.5, 0.6) is 0 Å². The van der Waals surface area contributed by atoms with E-state index >= 15 is 0 Å². The molecule has 1 N–H and O–H groups in total. The van der Waals surface area contributed by atoms with Crippen LogP contribution in [-0.2, 0) is 14.9 Å². The van der Waals surface area contributed by atoms with Gasteiger partial charge in [-0.2, -0.15) is 5.10 Å². The second-order valence-electron chi connectivity index (χ2n) is 5.06. The molecule has 1 aromatic carbocycles. The summed E-state index contributed by atoms with van der Waals surface area (Å²) in [5, 5.41) is 3.54. The van der Waals surface area contributed by atoms with E-state index in [9.17, 15) is 4.79 Å². The fourth-order valence-corrected chi connectivity index (χ4v) is 1.49. The van der Waals surface area contributed by atoms with E-state index < -0.39 is 5.97 Å². The summed E-state index contributed by atoms with van der Waals surface area (Å²) in [5.74, 6) is -0.636. The van der Waals surface area contributed by atoms with Crippen LogP contribution in [0.25, 0.3) is 0 Å². The van der Waals surface area contributed by atoms with Crippen LogP contribution in [0.15, 0.2) is 29.4 Å². The zero-order valence-corrected chi connectivity index (χ0v) is 12.4. The highest BCUT2D eigenvalue weighted by Gasteiger charge is 2.13. The van der Waals surface area contributed by atoms with Gasteiger partial charge in [-0.25, -0.2) is 4.79 Å². The standard InChI is InChI=1S/C14H19ClN2O2/c1-5-19-13(18)12(15)17-16-11-8-6-10(7-9-11)14(2,3)4/h6-9,16H,5H2,1-4H3. The quantitative estimate of drug-likeness (QED) is 0.522. The predicted octanol–water partition coefficient (Wildman–Crippen LogP) is 3.51. The maximum atomic E-state index is 11.2. The van der Waals surface area contributed by atoms with Crippen molar-refractivity contribution < 1.29 is 9.53 Å². The van der Waals surface area contributed by atoms with Crippen molar-refractivity contribution in [3.05, 3.63) is 29.8 Å². The lowest BCUT2D eigenvalue weighted by atomic mass is 9.87. The fourth-order valence-electron chi connectivity index (χ4n) is 1.39. The van der Waals surface area contributed by atoms with Crippen molar-refractivity contribution in [2.45, 2.75) is 33.1 Å². The van der Waals surface area contributed by atoms with Crippen molar-refractivity contribution in [1.82, 2.24) is 0 Å². The Labute approximate surface area is 118 Å². The molecule has 1 aromatic rings. The molecule has 0 amide bonds. The Morgan fingerprint density at radius 1 is 1.32 bits per heavy atom. The van der Waals surface area contributed by atoms with E-state index in [2.05, 4.69) is 31.3 Å². The molecule has 0 aliphatic rings. The minimum atomic E-state index is -0.636. The fraction of sp³-hybridized carbons (Fsp3) is 0.429. The summed E-state index contributed by atoms with van der Waals surface area (Å²) in [5.41, 5.74) is 4.80. The van der Waals surface area contributed by atoms with E-state index in [1.807, 2.05) is 24.3 Å². The first-order valence-corrected chi connectivity index (χ1v) is 6.49. The van der Waals surface area contributed by atoms with Gasteiger partial charge in [-0.1, -0.05) is 44.5 Å². The highest BCUT2D eigenvalue weighted by Crippen LogP contribution is 2.23. The number of nitrogens with zero attached hydrogens (tertiary/aromatic N) is 1. The van der Waals surface area contributed by atoms with Gasteiger partial charge in [0.25, 0.3) is 0 Å². The van der Waals surface area contributed by atoms with Crippen molar-refractivity contribution in [1.29, 1.82) is 0 Å². The topological polar surface area (TPSA) is 50.7 Å². The predicted molar refractivity (Wildman–Crippen MR) is 78.7 cm³/mol. The van der Waals surface area contributed by atoms with E-state index in [1.54, 1.807) is 6.92 Å². The summed E-state index contributed by atoms with van der Waals surface area (Å²) in [7, 11) is 0. The van der Waals surface area contributed by atoms with E-state index in [0.717, 1.165) is 5.69 Å². The molecule has 0 saturated heterocycles. The molecule has 5 heteroatoms. The maximum Gasteiger partial charge on any atom is 0.370 e. The molecular weight excluding hydrogens is 264 g/mol. The second kappa shape index (κ2) is 6.57. The van der Waals surface area contributed by atoms with Gasteiger partial charge in [0.1, 0.15) is 0 Å². The zero-order chi connectivity index (χ0) is 14.5. The van der Waals surface area contributed by atoms with Crippen molar-refractivity contribution in [3.63, 3.8) is 0 Å². The van der Waals surface area contributed by atoms with Crippen LogP contribution < -0.4 is 5.43 Å². The molecule has 4 nitrogen and oxygen atoms in total. The average molecular weight is 283 g/mol. The number of nitrogens with one attached hydrogen (secondary N) is 1. The number of rotatable bonds is 4. The second-order valence-corrected chi connectivity index (χ2v) is 5.42. The molecule has 0 aliphatic carbocycles. The lowest BCUT2D eigenvalue weighted by molar-refractivity contribution is -0.134. The monoisotopic (exact) mass is 282 g/mol. The first kappa shape index (κ1) is 15.5. The van der Waals surface area contributed by atoms with Gasteiger partial charge in [-0.3, -0.25) is 5.43 Å². The molecule has 0 spiro atoms. The molecular formula is C14H19ClN2O2. The Bertz CT molecular complexity index is 461. The summed E-state index contributed by atoms with van der Waals surface area (Å²) in [6.45, 7) is 8.41. The molecule has 19 heavy (non-hydrogen) atoms. The smallest absolute Gasteiger partial charge is 0.370 e. The molecule has 0 fully saturated rings. The van der Waals surface area contributed by atoms with Gasteiger partial charge in [0.05, 0.1) is 12.3 Å². The molecule has 0 unspecified atom stereocenters. The van der Waals surface area contributed by atoms with Crippen LogP contribution in [0.4, 0.5) is 5.69 Å². The number of hydrogen-bond acceptors (Lipinski definition) is 4. The van der Waals surface area contributed by atoms with Crippen LogP contribution in [0.3, 0.4) is 0 Å². The van der Waals surface area contributed by atoms with Crippen molar-refractivity contribution in [3.8, 4) is 0 Å². The van der Waals surface area contributed by atoms with Gasteiger partial charge in [0.15, 0.2) is 0 Å². The Balaban J connectivity index is 2.69. The molecule has 0 heterocycles. The minimum absolute atomic E-state index is 0.102. The maximum absolute atomic E-state index is 11.2. The van der Waals surface area contributed by atoms with Gasteiger partial charge in [0, 0.05) is 0 Å². The third-order valence-corrected chi connectivity index (χ3v) is 2.72. The van der Waals surface area contributed by atoms with E-state index in [0.29, 0.717) is 0 Å². The number of carbonyl (C=O) groups is 1. The van der Waals surface area contributed by atoms with E-state index in [-0.39, 0.29) is 17.2 Å². The number of hydrazone groups is 1. The number of anilines is 1. The van der Waals surface area contributed by atoms with Gasteiger partial charge in [-0.05, 0) is 30.0 Å². The third-order valence-electron chi connectivity index (χ3n) is 2.48. The van der Waals surface area contributed by atoms with Crippen LogP contribution in [-0.4, -0.2) is 17.7 Å². The summed E-state index contributed by atoms with van der Waals surface area (Å²) in [6, 6.07) is 7.80. The molecule has 0 aliphatic heterocycles. The summed E-state index contributed by atoms with van der Waals surface area (Å²) in [4.78, 5) is 11.2. The minimum Gasteiger partial charge on any atom is -0.461 e. The Kier molecular flexibility index (Phi) is 5.36. The molecule has 0 bridgehead atoms. The number of ether oxygens (including phenoxy) is 1. The van der Waals surface area contributed by atoms with Crippen LogP contribution in [0.2, 0.25) is 0 Å². The number of halogens is 1. The van der Waals surface area contributed by atoms with E-state index in [1.165, 1.54) is 5.56 Å². The summed E-state index contributed by atoms with van der Waals surface area (Å²) in [6.07, 6.45) is 0. The zero-order valence-electron chi connectivity index (χ0n) is 11.7. The highest BCUT2D eigenvalue weighted by molar-refractivity contribution is 6.82. The Morgan fingerprint density at radius 3 is 2.37 bits per heavy atom. The summed E-state index contributed by atoms with van der Waals surface area (Å²) < 4.78 is 4.71. The van der Waals surface area contributed by atoms with Gasteiger partial charge < -0.3 is 4.74 Å². The SMILES string of the molecule is CCOC(=O)C(Cl)=NNc1ccc(C(C)(C)C)cc1. The Hall–Kier alpha value is -1.55. The van der Waals surface area contributed by atoms with Crippen molar-refractivity contribution in [2.24, 2.45) is 5.10 Å². The van der Waals surface area contributed by atoms with Crippen LogP contribution >= 0.6 is 11.6 Å².